The number of hydrogen-bond acceptors (Lipinski definition) is 11. The lowest BCUT2D eigenvalue weighted by atomic mass is 10.2. The van der Waals surface area contributed by atoms with Gasteiger partial charge in [0.2, 0.25) is 5.91 Å². The van der Waals surface area contributed by atoms with E-state index in [1.54, 1.807) is 20.8 Å². The second kappa shape index (κ2) is 20.3. The predicted molar refractivity (Wildman–Crippen MR) is 119 cm³/mol. The van der Waals surface area contributed by atoms with Crippen molar-refractivity contribution in [3.8, 4) is 0 Å². The number of ether oxygens (including phenoxy) is 7. The van der Waals surface area contributed by atoms with Crippen molar-refractivity contribution in [1.82, 2.24) is 5.32 Å². The zero-order valence-electron chi connectivity index (χ0n) is 20.7. The first-order valence-corrected chi connectivity index (χ1v) is 11.1. The van der Waals surface area contributed by atoms with Gasteiger partial charge in [-0.05, 0) is 27.2 Å². The molecule has 1 N–H and O–H groups in total. The first-order chi connectivity index (χ1) is 16.1. The van der Waals surface area contributed by atoms with Crippen LogP contribution in [0.3, 0.4) is 0 Å². The minimum absolute atomic E-state index is 0.0981. The van der Waals surface area contributed by atoms with Gasteiger partial charge in [-0.2, -0.15) is 0 Å². The summed E-state index contributed by atoms with van der Waals surface area (Å²) >= 11 is 0. The van der Waals surface area contributed by atoms with Crippen LogP contribution in [0.25, 0.3) is 0 Å². The van der Waals surface area contributed by atoms with Crippen molar-refractivity contribution < 1.29 is 52.3 Å². The van der Waals surface area contributed by atoms with Crippen LogP contribution in [0.1, 0.15) is 33.6 Å². The average Bonchev–Trinajstić information content (AvgIpc) is 2.75. The molecule has 0 spiro atoms. The number of rotatable bonds is 21. The van der Waals surface area contributed by atoms with Crippen LogP contribution in [0, 0.1) is 0 Å². The fourth-order valence-corrected chi connectivity index (χ4v) is 2.20. The maximum absolute atomic E-state index is 11.7. The molecular weight excluding hydrogens is 454 g/mol. The van der Waals surface area contributed by atoms with Gasteiger partial charge in [-0.1, -0.05) is 0 Å². The van der Waals surface area contributed by atoms with Crippen molar-refractivity contribution in [2.75, 3.05) is 79.7 Å². The molecular formula is C22H39NO11. The standard InChI is InChI=1S/C22H39NO11/c1-22(2,3)34-21(27)17-33-14-18(24)6-5-8-29-10-12-31-15-19(25)23-7-9-30-11-13-32-16-20(26)28-4/h5-17H2,1-4H3,(H,23,25). The van der Waals surface area contributed by atoms with E-state index in [1.807, 2.05) is 0 Å². The van der Waals surface area contributed by atoms with Crippen LogP contribution in [-0.4, -0.2) is 109 Å². The van der Waals surface area contributed by atoms with Gasteiger partial charge < -0.3 is 38.5 Å². The summed E-state index contributed by atoms with van der Waals surface area (Å²) in [7, 11) is 1.28. The molecule has 12 heteroatoms. The summed E-state index contributed by atoms with van der Waals surface area (Å²) in [5.74, 6) is -1.36. The highest BCUT2D eigenvalue weighted by Gasteiger charge is 2.16. The van der Waals surface area contributed by atoms with E-state index in [1.165, 1.54) is 7.11 Å². The molecule has 0 aliphatic carbocycles. The maximum Gasteiger partial charge on any atom is 0.332 e. The van der Waals surface area contributed by atoms with E-state index in [9.17, 15) is 19.2 Å². The Morgan fingerprint density at radius 1 is 0.676 bits per heavy atom. The van der Waals surface area contributed by atoms with Gasteiger partial charge in [0.05, 0.1) is 40.1 Å². The number of amides is 1. The monoisotopic (exact) mass is 493 g/mol. The quantitative estimate of drug-likeness (QED) is 0.171. The summed E-state index contributed by atoms with van der Waals surface area (Å²) in [6.45, 7) is 6.73. The highest BCUT2D eigenvalue weighted by atomic mass is 16.6. The number of nitrogens with one attached hydrogen (secondary N) is 1. The second-order valence-corrected chi connectivity index (χ2v) is 7.98. The first kappa shape index (κ1) is 31.9. The highest BCUT2D eigenvalue weighted by molar-refractivity contribution is 5.80. The Bertz CT molecular complexity index is 590. The Kier molecular flexibility index (Phi) is 19.0. The number of methoxy groups -OCH3 is 1. The molecule has 0 aromatic carbocycles. The molecule has 1 amide bonds. The summed E-state index contributed by atoms with van der Waals surface area (Å²) in [6.07, 6.45) is 0.792. The van der Waals surface area contributed by atoms with Gasteiger partial charge in [0.1, 0.15) is 32.0 Å². The molecule has 0 aromatic heterocycles. The number of esters is 2. The Morgan fingerprint density at radius 3 is 1.91 bits per heavy atom. The molecule has 0 aliphatic rings. The molecule has 0 fully saturated rings. The summed E-state index contributed by atoms with van der Waals surface area (Å²) in [4.78, 5) is 45.6. The van der Waals surface area contributed by atoms with E-state index >= 15 is 0 Å². The van der Waals surface area contributed by atoms with E-state index in [2.05, 4.69) is 10.1 Å². The Morgan fingerprint density at radius 2 is 1.26 bits per heavy atom. The lowest BCUT2D eigenvalue weighted by Gasteiger charge is -2.19. The number of ketones is 1. The molecule has 12 nitrogen and oxygen atoms in total. The predicted octanol–water partition coefficient (Wildman–Crippen LogP) is 0.0496. The van der Waals surface area contributed by atoms with E-state index in [0.29, 0.717) is 39.4 Å². The second-order valence-electron chi connectivity index (χ2n) is 7.98. The highest BCUT2D eigenvalue weighted by Crippen LogP contribution is 2.06. The van der Waals surface area contributed by atoms with Gasteiger partial charge in [0.25, 0.3) is 0 Å². The lowest BCUT2D eigenvalue weighted by Crippen LogP contribution is -2.31. The third-order valence-corrected chi connectivity index (χ3v) is 3.64. The zero-order chi connectivity index (χ0) is 25.7. The van der Waals surface area contributed by atoms with Crippen LogP contribution in [0.4, 0.5) is 0 Å². The van der Waals surface area contributed by atoms with Crippen molar-refractivity contribution in [2.45, 2.75) is 39.2 Å². The van der Waals surface area contributed by atoms with Crippen molar-refractivity contribution in [3.05, 3.63) is 0 Å². The largest absolute Gasteiger partial charge is 0.467 e. The molecule has 198 valence electrons. The molecule has 0 radical (unpaired) electrons. The van der Waals surface area contributed by atoms with Crippen LogP contribution >= 0.6 is 0 Å². The molecule has 0 unspecified atom stereocenters. The Balaban J connectivity index is 3.41. The number of carbonyl (C=O) groups excluding carboxylic acids is 4. The fraction of sp³-hybridized carbons (Fsp3) is 0.818. The summed E-state index contributed by atoms with van der Waals surface area (Å²) in [5, 5.41) is 2.64. The first-order valence-electron chi connectivity index (χ1n) is 11.1. The Hall–Kier alpha value is -2.12. The van der Waals surface area contributed by atoms with Crippen LogP contribution in [0.15, 0.2) is 0 Å². The van der Waals surface area contributed by atoms with E-state index in [0.717, 1.165) is 0 Å². The zero-order valence-corrected chi connectivity index (χ0v) is 20.7. The summed E-state index contributed by atoms with van der Waals surface area (Å²) in [6, 6.07) is 0. The third-order valence-electron chi connectivity index (χ3n) is 3.64. The number of Topliss-reactive ketones (excluding diaryl/α,β-unsaturated/α-hetero) is 1. The van der Waals surface area contributed by atoms with Gasteiger partial charge in [0.15, 0.2) is 5.78 Å². The molecule has 0 heterocycles. The minimum Gasteiger partial charge on any atom is -0.467 e. The van der Waals surface area contributed by atoms with E-state index in [4.69, 9.17) is 28.4 Å². The summed E-state index contributed by atoms with van der Waals surface area (Å²) in [5.41, 5.74) is -0.588. The molecule has 0 aromatic rings. The smallest absolute Gasteiger partial charge is 0.332 e. The van der Waals surface area contributed by atoms with Gasteiger partial charge in [-0.25, -0.2) is 9.59 Å². The van der Waals surface area contributed by atoms with Crippen molar-refractivity contribution in [1.29, 1.82) is 0 Å². The van der Waals surface area contributed by atoms with Gasteiger partial charge >= 0.3 is 11.9 Å². The van der Waals surface area contributed by atoms with E-state index in [-0.39, 0.29) is 57.8 Å². The van der Waals surface area contributed by atoms with Crippen LogP contribution in [-0.2, 0) is 52.3 Å². The van der Waals surface area contributed by atoms with Crippen molar-refractivity contribution >= 4 is 23.6 Å². The molecule has 0 aliphatic heterocycles. The average molecular weight is 494 g/mol. The molecule has 34 heavy (non-hydrogen) atoms. The SMILES string of the molecule is COC(=O)COCCOCCNC(=O)COCCOCCCC(=O)COCC(=O)OC(C)(C)C. The lowest BCUT2D eigenvalue weighted by molar-refractivity contribution is -0.160. The normalized spacial score (nSPS) is 11.2. The Labute approximate surface area is 200 Å². The van der Waals surface area contributed by atoms with Gasteiger partial charge in [-0.3, -0.25) is 9.59 Å². The minimum atomic E-state index is -0.588. The van der Waals surface area contributed by atoms with Gasteiger partial charge in [-0.15, -0.1) is 0 Å². The molecule has 0 saturated heterocycles. The maximum atomic E-state index is 11.7. The fourth-order valence-electron chi connectivity index (χ4n) is 2.20. The van der Waals surface area contributed by atoms with Crippen molar-refractivity contribution in [3.63, 3.8) is 0 Å². The molecule has 0 rings (SSSR count). The van der Waals surface area contributed by atoms with Gasteiger partial charge in [0, 0.05) is 19.6 Å². The van der Waals surface area contributed by atoms with Crippen molar-refractivity contribution in [2.24, 2.45) is 0 Å². The number of hydrogen-bond donors (Lipinski definition) is 1. The topological polar surface area (TPSA) is 145 Å². The van der Waals surface area contributed by atoms with Crippen LogP contribution in [0.5, 0.6) is 0 Å². The number of carbonyl (C=O) groups is 4. The summed E-state index contributed by atoms with van der Waals surface area (Å²) < 4.78 is 35.3. The molecule has 0 bridgehead atoms. The third kappa shape index (κ3) is 23.1. The van der Waals surface area contributed by atoms with Crippen LogP contribution in [0.2, 0.25) is 0 Å². The molecule has 0 saturated carbocycles. The van der Waals surface area contributed by atoms with Crippen LogP contribution < -0.4 is 5.32 Å². The van der Waals surface area contributed by atoms with E-state index < -0.39 is 17.5 Å². The molecule has 0 atom stereocenters.